The van der Waals surface area contributed by atoms with Crippen LogP contribution in [0, 0.1) is 0 Å². The topological polar surface area (TPSA) is 72.2 Å². The van der Waals surface area contributed by atoms with Gasteiger partial charge in [-0.25, -0.2) is 8.42 Å². The number of nitrogens with two attached hydrogens (primary N) is 1. The van der Waals surface area contributed by atoms with Crippen molar-refractivity contribution in [2.45, 2.75) is 18.2 Å². The number of rotatable bonds is 4. The summed E-state index contributed by atoms with van der Waals surface area (Å²) in [7, 11) is -3.71. The number of halogens is 1. The van der Waals surface area contributed by atoms with E-state index in [9.17, 15) is 8.42 Å². The molecule has 0 unspecified atom stereocenters. The van der Waals surface area contributed by atoms with Crippen molar-refractivity contribution in [3.05, 3.63) is 53.1 Å². The van der Waals surface area contributed by atoms with E-state index in [2.05, 4.69) is 4.72 Å². The van der Waals surface area contributed by atoms with Crippen molar-refractivity contribution in [1.29, 1.82) is 0 Å². The van der Waals surface area contributed by atoms with Crippen LogP contribution in [0.3, 0.4) is 0 Å². The molecule has 0 saturated carbocycles. The molecule has 0 radical (unpaired) electrons. The first-order valence-electron chi connectivity index (χ1n) is 6.09. The van der Waals surface area contributed by atoms with E-state index in [4.69, 9.17) is 17.3 Å². The minimum Gasteiger partial charge on any atom is -0.398 e. The molecule has 0 atom stereocenters. The lowest BCUT2D eigenvalue weighted by molar-refractivity contribution is 0.601. The molecule has 0 aliphatic rings. The van der Waals surface area contributed by atoms with Gasteiger partial charge in [-0.1, -0.05) is 30.7 Å². The molecule has 0 bridgehead atoms. The number of nitrogens with one attached hydrogen (secondary N) is 1. The minimum absolute atomic E-state index is 0.0152. The summed E-state index contributed by atoms with van der Waals surface area (Å²) in [5, 5.41) is 0.397. The molecule has 0 heterocycles. The second-order valence-electron chi connectivity index (χ2n) is 4.34. The maximum Gasteiger partial charge on any atom is 0.263 e. The van der Waals surface area contributed by atoms with Crippen molar-refractivity contribution >= 4 is 33.0 Å². The highest BCUT2D eigenvalue weighted by Crippen LogP contribution is 2.24. The van der Waals surface area contributed by atoms with Gasteiger partial charge in [0.2, 0.25) is 0 Å². The van der Waals surface area contributed by atoms with Gasteiger partial charge in [-0.2, -0.15) is 0 Å². The summed E-state index contributed by atoms with van der Waals surface area (Å²) in [5.74, 6) is 0. The van der Waals surface area contributed by atoms with Crippen LogP contribution < -0.4 is 10.5 Å². The van der Waals surface area contributed by atoms with Crippen LogP contribution in [0.25, 0.3) is 0 Å². The molecule has 106 valence electrons. The molecule has 0 spiro atoms. The van der Waals surface area contributed by atoms with Crippen LogP contribution in [-0.2, 0) is 16.4 Å². The summed E-state index contributed by atoms with van der Waals surface area (Å²) < 4.78 is 27.0. The average molecular weight is 311 g/mol. The zero-order valence-electron chi connectivity index (χ0n) is 10.9. The number of hydrogen-bond donors (Lipinski definition) is 2. The zero-order chi connectivity index (χ0) is 14.8. The van der Waals surface area contributed by atoms with Crippen LogP contribution in [0.2, 0.25) is 5.02 Å². The summed E-state index contributed by atoms with van der Waals surface area (Å²) >= 11 is 5.77. The number of sulfonamides is 1. The molecule has 0 aromatic heterocycles. The van der Waals surface area contributed by atoms with Crippen molar-refractivity contribution in [3.8, 4) is 0 Å². The van der Waals surface area contributed by atoms with E-state index >= 15 is 0 Å². The van der Waals surface area contributed by atoms with E-state index in [1.807, 2.05) is 19.1 Å². The maximum absolute atomic E-state index is 12.3. The zero-order valence-corrected chi connectivity index (χ0v) is 12.5. The third kappa shape index (κ3) is 3.23. The summed E-state index contributed by atoms with van der Waals surface area (Å²) in [6.45, 7) is 2.04. The fourth-order valence-corrected chi connectivity index (χ4v) is 3.14. The van der Waals surface area contributed by atoms with Crippen LogP contribution in [0.5, 0.6) is 0 Å². The first-order valence-corrected chi connectivity index (χ1v) is 7.95. The molecule has 2 aromatic carbocycles. The number of anilines is 2. The molecule has 6 heteroatoms. The monoisotopic (exact) mass is 310 g/mol. The number of nitrogen functional groups attached to an aromatic ring is 1. The van der Waals surface area contributed by atoms with E-state index in [1.54, 1.807) is 12.1 Å². The number of hydrogen-bond acceptors (Lipinski definition) is 3. The number of benzene rings is 2. The molecule has 0 fully saturated rings. The predicted octanol–water partition coefficient (Wildman–Crippen LogP) is 3.29. The van der Waals surface area contributed by atoms with Gasteiger partial charge in [0.1, 0.15) is 4.90 Å². The Morgan fingerprint density at radius 2 is 1.80 bits per heavy atom. The van der Waals surface area contributed by atoms with Gasteiger partial charge in [0.15, 0.2) is 0 Å². The van der Waals surface area contributed by atoms with Gasteiger partial charge in [-0.15, -0.1) is 0 Å². The SMILES string of the molecule is CCc1ccc(NS(=O)(=O)c2ccc(Cl)cc2N)cc1. The maximum atomic E-state index is 12.3. The van der Waals surface area contributed by atoms with Crippen LogP contribution >= 0.6 is 11.6 Å². The summed E-state index contributed by atoms with van der Waals surface area (Å²) in [4.78, 5) is 0.0152. The van der Waals surface area contributed by atoms with Gasteiger partial charge < -0.3 is 5.73 Å². The van der Waals surface area contributed by atoms with Gasteiger partial charge in [0, 0.05) is 10.7 Å². The van der Waals surface area contributed by atoms with Crippen molar-refractivity contribution in [1.82, 2.24) is 0 Å². The fraction of sp³-hybridized carbons (Fsp3) is 0.143. The molecule has 2 rings (SSSR count). The van der Waals surface area contributed by atoms with Gasteiger partial charge in [-0.3, -0.25) is 4.72 Å². The van der Waals surface area contributed by atoms with Crippen LogP contribution in [-0.4, -0.2) is 8.42 Å². The van der Waals surface area contributed by atoms with Crippen molar-refractivity contribution < 1.29 is 8.42 Å². The standard InChI is InChI=1S/C14H15ClN2O2S/c1-2-10-3-6-12(7-4-10)17-20(18,19)14-8-5-11(15)9-13(14)16/h3-9,17H,2,16H2,1H3. The second kappa shape index (κ2) is 5.73. The minimum atomic E-state index is -3.71. The third-order valence-corrected chi connectivity index (χ3v) is 4.57. The Morgan fingerprint density at radius 1 is 1.15 bits per heavy atom. The van der Waals surface area contributed by atoms with E-state index in [1.165, 1.54) is 18.2 Å². The highest BCUT2D eigenvalue weighted by Gasteiger charge is 2.17. The molecular formula is C14H15ClN2O2S. The van der Waals surface area contributed by atoms with Gasteiger partial charge in [0.05, 0.1) is 5.69 Å². The molecule has 2 aromatic rings. The molecule has 0 amide bonds. The van der Waals surface area contributed by atoms with Crippen LogP contribution in [0.15, 0.2) is 47.4 Å². The van der Waals surface area contributed by atoms with Crippen molar-refractivity contribution in [2.75, 3.05) is 10.5 Å². The Labute approximate surface area is 123 Å². The highest BCUT2D eigenvalue weighted by atomic mass is 35.5. The largest absolute Gasteiger partial charge is 0.398 e. The van der Waals surface area contributed by atoms with Crippen LogP contribution in [0.1, 0.15) is 12.5 Å². The average Bonchev–Trinajstić information content (AvgIpc) is 2.38. The predicted molar refractivity (Wildman–Crippen MR) is 82.5 cm³/mol. The van der Waals surface area contributed by atoms with Gasteiger partial charge in [0.25, 0.3) is 10.0 Å². The molecule has 0 saturated heterocycles. The molecule has 20 heavy (non-hydrogen) atoms. The molecule has 4 nitrogen and oxygen atoms in total. The van der Waals surface area contributed by atoms with E-state index < -0.39 is 10.0 Å². The Bertz CT molecular complexity index is 712. The van der Waals surface area contributed by atoms with Gasteiger partial charge >= 0.3 is 0 Å². The van der Waals surface area contributed by atoms with E-state index in [0.29, 0.717) is 10.7 Å². The fourth-order valence-electron chi connectivity index (χ4n) is 1.78. The lowest BCUT2D eigenvalue weighted by Crippen LogP contribution is -2.14. The smallest absolute Gasteiger partial charge is 0.263 e. The Balaban J connectivity index is 2.30. The summed E-state index contributed by atoms with van der Waals surface area (Å²) in [6.07, 6.45) is 0.900. The van der Waals surface area contributed by atoms with E-state index in [0.717, 1.165) is 12.0 Å². The summed E-state index contributed by atoms with van der Waals surface area (Å²) in [5.41, 5.74) is 7.46. The van der Waals surface area contributed by atoms with Crippen molar-refractivity contribution in [2.24, 2.45) is 0 Å². The Morgan fingerprint density at radius 3 is 2.35 bits per heavy atom. The number of aryl methyl sites for hydroxylation is 1. The lowest BCUT2D eigenvalue weighted by Gasteiger charge is -2.10. The normalized spacial score (nSPS) is 11.3. The molecule has 0 aliphatic carbocycles. The second-order valence-corrected chi connectivity index (χ2v) is 6.43. The first kappa shape index (κ1) is 14.7. The first-order chi connectivity index (χ1) is 9.42. The van der Waals surface area contributed by atoms with E-state index in [-0.39, 0.29) is 10.6 Å². The highest BCUT2D eigenvalue weighted by molar-refractivity contribution is 7.92. The Hall–Kier alpha value is -1.72. The van der Waals surface area contributed by atoms with Gasteiger partial charge in [-0.05, 0) is 42.3 Å². The molecule has 0 aliphatic heterocycles. The Kier molecular flexibility index (Phi) is 4.20. The molecule has 3 N–H and O–H groups in total. The lowest BCUT2D eigenvalue weighted by atomic mass is 10.2. The quantitative estimate of drug-likeness (QED) is 0.851. The molecular weight excluding hydrogens is 296 g/mol. The summed E-state index contributed by atoms with van der Waals surface area (Å²) in [6, 6.07) is 11.5. The third-order valence-electron chi connectivity index (χ3n) is 2.88. The van der Waals surface area contributed by atoms with Crippen molar-refractivity contribution in [3.63, 3.8) is 0 Å². The van der Waals surface area contributed by atoms with Crippen LogP contribution in [0.4, 0.5) is 11.4 Å².